The van der Waals surface area contributed by atoms with E-state index in [1.807, 2.05) is 23.5 Å². The molecule has 0 saturated carbocycles. The molecule has 1 aliphatic heterocycles. The third kappa shape index (κ3) is 4.22. The zero-order valence-electron chi connectivity index (χ0n) is 6.36. The largest absolute Gasteiger partial charge is 0.371 e. The van der Waals surface area contributed by atoms with Crippen molar-refractivity contribution in [1.29, 1.82) is 0 Å². The smallest absolute Gasteiger partial charge is 0.143 e. The van der Waals surface area contributed by atoms with E-state index in [4.69, 9.17) is 9.84 Å². The first-order valence-corrected chi connectivity index (χ1v) is 5.81. The number of aliphatic hydroxyl groups excluding tert-OH is 1. The summed E-state index contributed by atoms with van der Waals surface area (Å²) in [5.41, 5.74) is 0. The topological polar surface area (TPSA) is 32.7 Å². The van der Waals surface area contributed by atoms with Crippen LogP contribution in [0.2, 0.25) is 0 Å². The number of aliphatic hydroxyl groups is 1. The molecule has 1 aliphatic rings. The molecule has 0 aromatic rings. The molecule has 0 bridgehead atoms. The van der Waals surface area contributed by atoms with Gasteiger partial charge in [0, 0.05) is 23.4 Å². The second-order valence-corrected chi connectivity index (χ2v) is 4.49. The Balaban J connectivity index is 1.96. The SMILES string of the molecule is OCOCCN1CSCSC1. The van der Waals surface area contributed by atoms with Crippen molar-refractivity contribution in [3.63, 3.8) is 0 Å². The maximum absolute atomic E-state index is 8.34. The van der Waals surface area contributed by atoms with E-state index in [1.54, 1.807) is 0 Å². The van der Waals surface area contributed by atoms with Crippen molar-refractivity contribution in [2.24, 2.45) is 0 Å². The van der Waals surface area contributed by atoms with Crippen LogP contribution >= 0.6 is 23.5 Å². The van der Waals surface area contributed by atoms with Crippen molar-refractivity contribution >= 4 is 23.5 Å². The van der Waals surface area contributed by atoms with Gasteiger partial charge in [-0.2, -0.15) is 0 Å². The highest BCUT2D eigenvalue weighted by atomic mass is 32.2. The van der Waals surface area contributed by atoms with E-state index in [0.717, 1.165) is 18.3 Å². The number of hydrogen-bond acceptors (Lipinski definition) is 5. The fourth-order valence-electron chi connectivity index (χ4n) is 0.816. The summed E-state index contributed by atoms with van der Waals surface area (Å²) in [5.74, 6) is 2.20. The van der Waals surface area contributed by atoms with Gasteiger partial charge in [0.05, 0.1) is 6.61 Å². The summed E-state index contributed by atoms with van der Waals surface area (Å²) in [6.07, 6.45) is 0. The van der Waals surface area contributed by atoms with Gasteiger partial charge in [0.15, 0.2) is 0 Å². The molecule has 11 heavy (non-hydrogen) atoms. The zero-order chi connectivity index (χ0) is 7.94. The van der Waals surface area contributed by atoms with Gasteiger partial charge in [0.25, 0.3) is 0 Å². The van der Waals surface area contributed by atoms with E-state index in [0.29, 0.717) is 6.61 Å². The lowest BCUT2D eigenvalue weighted by atomic mass is 10.6. The minimum Gasteiger partial charge on any atom is -0.371 e. The van der Waals surface area contributed by atoms with Gasteiger partial charge in [0.1, 0.15) is 6.79 Å². The lowest BCUT2D eigenvalue weighted by molar-refractivity contribution is -0.00700. The third-order valence-electron chi connectivity index (χ3n) is 1.36. The average Bonchev–Trinajstić information content (AvgIpc) is 2.07. The van der Waals surface area contributed by atoms with Gasteiger partial charge >= 0.3 is 0 Å². The maximum atomic E-state index is 8.34. The quantitative estimate of drug-likeness (QED) is 0.525. The van der Waals surface area contributed by atoms with Crippen LogP contribution in [-0.2, 0) is 4.74 Å². The molecule has 1 heterocycles. The Hall–Kier alpha value is 0.580. The Kier molecular flexibility index (Phi) is 5.39. The molecule has 1 N–H and O–H groups in total. The molecule has 3 nitrogen and oxygen atoms in total. The van der Waals surface area contributed by atoms with Gasteiger partial charge < -0.3 is 9.84 Å². The van der Waals surface area contributed by atoms with Gasteiger partial charge in [0.2, 0.25) is 0 Å². The van der Waals surface area contributed by atoms with Crippen LogP contribution in [0, 0.1) is 0 Å². The summed E-state index contributed by atoms with van der Waals surface area (Å²) >= 11 is 3.86. The molecule has 66 valence electrons. The minimum atomic E-state index is -0.159. The van der Waals surface area contributed by atoms with E-state index >= 15 is 0 Å². The molecule has 0 unspecified atom stereocenters. The van der Waals surface area contributed by atoms with Gasteiger partial charge in [-0.15, -0.1) is 23.5 Å². The molecule has 0 amide bonds. The molecule has 0 atom stereocenters. The van der Waals surface area contributed by atoms with Crippen molar-refractivity contribution in [2.75, 3.05) is 36.8 Å². The molecule has 5 heteroatoms. The second-order valence-electron chi connectivity index (χ2n) is 2.22. The highest BCUT2D eigenvalue weighted by Gasteiger charge is 2.09. The van der Waals surface area contributed by atoms with Gasteiger partial charge in [-0.05, 0) is 0 Å². The third-order valence-corrected chi connectivity index (χ3v) is 3.79. The van der Waals surface area contributed by atoms with Crippen LogP contribution in [-0.4, -0.2) is 46.8 Å². The molecule has 0 aromatic heterocycles. The Labute approximate surface area is 75.5 Å². The predicted molar refractivity (Wildman–Crippen MR) is 49.5 cm³/mol. The fourth-order valence-corrected chi connectivity index (χ4v) is 2.96. The van der Waals surface area contributed by atoms with Crippen molar-refractivity contribution in [3.8, 4) is 0 Å². The van der Waals surface area contributed by atoms with E-state index in [-0.39, 0.29) is 6.79 Å². The number of rotatable bonds is 4. The summed E-state index contributed by atoms with van der Waals surface area (Å²) < 4.78 is 4.83. The molecule has 1 fully saturated rings. The van der Waals surface area contributed by atoms with Crippen LogP contribution in [0.4, 0.5) is 0 Å². The number of nitrogens with zero attached hydrogens (tertiary/aromatic N) is 1. The van der Waals surface area contributed by atoms with E-state index in [9.17, 15) is 0 Å². The van der Waals surface area contributed by atoms with Crippen molar-refractivity contribution < 1.29 is 9.84 Å². The molecular formula is C6H13NO2S2. The molecule has 1 saturated heterocycles. The van der Waals surface area contributed by atoms with Crippen LogP contribution in [0.5, 0.6) is 0 Å². The number of thioether (sulfide) groups is 2. The Bertz CT molecular complexity index is 98.6. The van der Waals surface area contributed by atoms with Crippen molar-refractivity contribution in [1.82, 2.24) is 4.90 Å². The fraction of sp³-hybridized carbons (Fsp3) is 1.00. The molecule has 0 spiro atoms. The molecule has 0 radical (unpaired) electrons. The molecule has 0 aromatic carbocycles. The standard InChI is InChI=1S/C6H13NO2S2/c8-5-9-2-1-7-3-10-6-11-4-7/h8H,1-6H2. The summed E-state index contributed by atoms with van der Waals surface area (Å²) in [6.45, 7) is 1.41. The van der Waals surface area contributed by atoms with E-state index in [2.05, 4.69) is 4.90 Å². The molecular weight excluding hydrogens is 182 g/mol. The zero-order valence-corrected chi connectivity index (χ0v) is 7.99. The normalized spacial score (nSPS) is 20.5. The highest BCUT2D eigenvalue weighted by Crippen LogP contribution is 2.20. The van der Waals surface area contributed by atoms with Crippen LogP contribution in [0.25, 0.3) is 0 Å². The molecule has 0 aliphatic carbocycles. The number of hydrogen-bond donors (Lipinski definition) is 1. The van der Waals surface area contributed by atoms with Crippen molar-refractivity contribution in [2.45, 2.75) is 0 Å². The van der Waals surface area contributed by atoms with Crippen LogP contribution in [0.15, 0.2) is 0 Å². The van der Waals surface area contributed by atoms with Gasteiger partial charge in [-0.1, -0.05) is 0 Å². The van der Waals surface area contributed by atoms with Gasteiger partial charge in [-0.3, -0.25) is 4.90 Å². The molecule has 1 rings (SSSR count). The summed E-state index contributed by atoms with van der Waals surface area (Å²) in [6, 6.07) is 0. The minimum absolute atomic E-state index is 0.159. The lowest BCUT2D eigenvalue weighted by Crippen LogP contribution is -2.29. The Morgan fingerprint density at radius 2 is 2.09 bits per heavy atom. The van der Waals surface area contributed by atoms with Gasteiger partial charge in [-0.25, -0.2) is 0 Å². The summed E-state index contributed by atoms with van der Waals surface area (Å²) in [7, 11) is 0. The number of ether oxygens (including phenoxy) is 1. The summed E-state index contributed by atoms with van der Waals surface area (Å²) in [4.78, 5) is 2.31. The lowest BCUT2D eigenvalue weighted by Gasteiger charge is -2.24. The summed E-state index contributed by atoms with van der Waals surface area (Å²) in [5, 5.41) is 9.55. The Morgan fingerprint density at radius 3 is 2.73 bits per heavy atom. The van der Waals surface area contributed by atoms with Crippen LogP contribution < -0.4 is 0 Å². The Morgan fingerprint density at radius 1 is 1.36 bits per heavy atom. The van der Waals surface area contributed by atoms with Crippen LogP contribution in [0.1, 0.15) is 0 Å². The van der Waals surface area contributed by atoms with E-state index < -0.39 is 0 Å². The average molecular weight is 195 g/mol. The van der Waals surface area contributed by atoms with Crippen molar-refractivity contribution in [3.05, 3.63) is 0 Å². The highest BCUT2D eigenvalue weighted by molar-refractivity contribution is 8.16. The maximum Gasteiger partial charge on any atom is 0.143 e. The van der Waals surface area contributed by atoms with Crippen LogP contribution in [0.3, 0.4) is 0 Å². The first kappa shape index (κ1) is 9.67. The van der Waals surface area contributed by atoms with E-state index in [1.165, 1.54) is 5.08 Å². The monoisotopic (exact) mass is 195 g/mol. The second kappa shape index (κ2) is 6.14. The first-order chi connectivity index (χ1) is 5.43. The predicted octanol–water partition coefficient (Wildman–Crippen LogP) is 0.607. The first-order valence-electron chi connectivity index (χ1n) is 3.50.